The number of anilines is 2. The van der Waals surface area contributed by atoms with E-state index in [9.17, 15) is 0 Å². The van der Waals surface area contributed by atoms with Gasteiger partial charge in [-0.2, -0.15) is 24.7 Å². The predicted molar refractivity (Wildman–Crippen MR) is 75.2 cm³/mol. The summed E-state index contributed by atoms with van der Waals surface area (Å²) in [5.41, 5.74) is 2.34. The number of nitrogen functional groups attached to an aromatic ring is 1. The molecule has 0 amide bonds. The maximum Gasteiger partial charge on any atom is 0.258 e. The van der Waals surface area contributed by atoms with Crippen molar-refractivity contribution in [2.24, 2.45) is 5.84 Å². The van der Waals surface area contributed by atoms with E-state index in [4.69, 9.17) is 5.84 Å². The molecular weight excluding hydrogens is 258 g/mol. The number of hydrogen-bond donors (Lipinski definition) is 3. The molecule has 0 fully saturated rings. The van der Waals surface area contributed by atoms with Gasteiger partial charge in [0.15, 0.2) is 0 Å². The zero-order chi connectivity index (χ0) is 14.6. The van der Waals surface area contributed by atoms with E-state index in [1.54, 1.807) is 0 Å². The van der Waals surface area contributed by atoms with Gasteiger partial charge in [-0.25, -0.2) is 10.8 Å². The van der Waals surface area contributed by atoms with Gasteiger partial charge in [0.25, 0.3) is 5.95 Å². The lowest BCUT2D eigenvalue weighted by molar-refractivity contribution is 0.474. The van der Waals surface area contributed by atoms with Gasteiger partial charge in [-0.15, -0.1) is 0 Å². The smallest absolute Gasteiger partial charge is 0.258 e. The summed E-state index contributed by atoms with van der Waals surface area (Å²) >= 11 is 0. The van der Waals surface area contributed by atoms with Crippen molar-refractivity contribution in [3.05, 3.63) is 12.7 Å². The Balaban J connectivity index is 2.36. The molecule has 108 valence electrons. The summed E-state index contributed by atoms with van der Waals surface area (Å²) in [4.78, 5) is 16.6. The summed E-state index contributed by atoms with van der Waals surface area (Å²) < 4.78 is 1.45. The molecule has 0 bridgehead atoms. The normalized spacial score (nSPS) is 11.4. The molecule has 2 aromatic heterocycles. The summed E-state index contributed by atoms with van der Waals surface area (Å²) in [5, 5.41) is 7.31. The maximum absolute atomic E-state index is 5.39. The van der Waals surface area contributed by atoms with Gasteiger partial charge < -0.3 is 5.32 Å². The van der Waals surface area contributed by atoms with E-state index < -0.39 is 0 Å². The quantitative estimate of drug-likeness (QED) is 0.522. The molecule has 2 rings (SSSR count). The van der Waals surface area contributed by atoms with Crippen molar-refractivity contribution < 1.29 is 0 Å². The topological polar surface area (TPSA) is 119 Å². The third-order valence-corrected chi connectivity index (χ3v) is 3.35. The second-order valence-corrected chi connectivity index (χ2v) is 4.66. The Morgan fingerprint density at radius 1 is 1.20 bits per heavy atom. The zero-order valence-electron chi connectivity index (χ0n) is 11.8. The molecule has 9 nitrogen and oxygen atoms in total. The molecule has 0 atom stereocenters. The minimum Gasteiger partial charge on any atom is -0.349 e. The Kier molecular flexibility index (Phi) is 4.08. The van der Waals surface area contributed by atoms with E-state index in [-0.39, 0.29) is 11.5 Å². The Morgan fingerprint density at radius 2 is 1.90 bits per heavy atom. The highest BCUT2D eigenvalue weighted by Gasteiger charge is 2.21. The summed E-state index contributed by atoms with van der Waals surface area (Å²) in [7, 11) is 0. The third kappa shape index (κ3) is 2.99. The minimum atomic E-state index is -0.0904. The average molecular weight is 277 g/mol. The molecule has 0 aliphatic carbocycles. The molecule has 0 aliphatic rings. The Hall–Kier alpha value is -2.29. The SMILES string of the molecule is CCC(C)(CC)Nc1nc(NN)nc(-n2cncn2)n1. The number of nitrogens with one attached hydrogen (secondary N) is 2. The fourth-order valence-electron chi connectivity index (χ4n) is 1.60. The predicted octanol–water partition coefficient (Wildman–Crippen LogP) is 0.728. The minimum absolute atomic E-state index is 0.0904. The number of nitrogens with two attached hydrogens (primary N) is 1. The van der Waals surface area contributed by atoms with E-state index in [2.05, 4.69) is 56.5 Å². The fraction of sp³-hybridized carbons (Fsp3) is 0.545. The van der Waals surface area contributed by atoms with Crippen molar-refractivity contribution in [1.82, 2.24) is 29.7 Å². The van der Waals surface area contributed by atoms with E-state index in [1.807, 2.05) is 0 Å². The molecule has 0 aliphatic heterocycles. The number of rotatable bonds is 6. The second kappa shape index (κ2) is 5.78. The Morgan fingerprint density at radius 3 is 2.45 bits per heavy atom. The van der Waals surface area contributed by atoms with Crippen LogP contribution in [0.5, 0.6) is 0 Å². The lowest BCUT2D eigenvalue weighted by atomic mass is 9.96. The van der Waals surface area contributed by atoms with E-state index >= 15 is 0 Å². The van der Waals surface area contributed by atoms with Crippen LogP contribution in [0.1, 0.15) is 33.6 Å². The molecule has 20 heavy (non-hydrogen) atoms. The van der Waals surface area contributed by atoms with Gasteiger partial charge >= 0.3 is 0 Å². The van der Waals surface area contributed by atoms with Crippen LogP contribution in [0.25, 0.3) is 5.95 Å². The number of hydrogen-bond acceptors (Lipinski definition) is 8. The molecule has 9 heteroatoms. The van der Waals surface area contributed by atoms with Gasteiger partial charge in [0, 0.05) is 5.54 Å². The van der Waals surface area contributed by atoms with E-state index in [1.165, 1.54) is 17.3 Å². The van der Waals surface area contributed by atoms with Crippen molar-refractivity contribution in [2.45, 2.75) is 39.2 Å². The van der Waals surface area contributed by atoms with Crippen LogP contribution in [0.15, 0.2) is 12.7 Å². The molecule has 2 aromatic rings. The number of aromatic nitrogens is 6. The van der Waals surface area contributed by atoms with E-state index in [0.717, 1.165) is 12.8 Å². The summed E-state index contributed by atoms with van der Waals surface area (Å²) in [6.07, 6.45) is 4.81. The molecule has 0 aromatic carbocycles. The monoisotopic (exact) mass is 277 g/mol. The molecule has 0 saturated heterocycles. The Bertz CT molecular complexity index is 547. The van der Waals surface area contributed by atoms with Gasteiger partial charge in [0.05, 0.1) is 0 Å². The van der Waals surface area contributed by atoms with Crippen LogP contribution in [0, 0.1) is 0 Å². The van der Waals surface area contributed by atoms with Gasteiger partial charge in [0.2, 0.25) is 11.9 Å². The van der Waals surface area contributed by atoms with Crippen LogP contribution in [0.4, 0.5) is 11.9 Å². The standard InChI is InChI=1S/C11H19N9/c1-4-11(3,5-2)18-8-15-9(19-12)17-10(16-8)20-7-13-6-14-20/h6-7H,4-5,12H2,1-3H3,(H2,15,16,17,18,19). The average Bonchev–Trinajstić information content (AvgIpc) is 3.01. The first-order chi connectivity index (χ1) is 9.60. The number of nitrogens with zero attached hydrogens (tertiary/aromatic N) is 6. The largest absolute Gasteiger partial charge is 0.349 e. The van der Waals surface area contributed by atoms with Gasteiger partial charge in [-0.3, -0.25) is 5.43 Å². The first-order valence-corrected chi connectivity index (χ1v) is 6.46. The fourth-order valence-corrected chi connectivity index (χ4v) is 1.60. The van der Waals surface area contributed by atoms with Crippen molar-refractivity contribution in [3.63, 3.8) is 0 Å². The highest BCUT2D eigenvalue weighted by atomic mass is 15.4. The van der Waals surface area contributed by atoms with Crippen LogP contribution in [-0.4, -0.2) is 35.3 Å². The highest BCUT2D eigenvalue weighted by Crippen LogP contribution is 2.20. The van der Waals surface area contributed by atoms with E-state index in [0.29, 0.717) is 11.9 Å². The number of hydrazine groups is 1. The molecular formula is C11H19N9. The van der Waals surface area contributed by atoms with Crippen LogP contribution in [-0.2, 0) is 0 Å². The second-order valence-electron chi connectivity index (χ2n) is 4.66. The van der Waals surface area contributed by atoms with Gasteiger partial charge in [-0.05, 0) is 19.8 Å². The first kappa shape index (κ1) is 14.1. The van der Waals surface area contributed by atoms with Crippen LogP contribution in [0.3, 0.4) is 0 Å². The lowest BCUT2D eigenvalue weighted by Gasteiger charge is -2.28. The van der Waals surface area contributed by atoms with Crippen LogP contribution < -0.4 is 16.6 Å². The molecule has 0 spiro atoms. The van der Waals surface area contributed by atoms with Crippen molar-refractivity contribution >= 4 is 11.9 Å². The summed E-state index contributed by atoms with van der Waals surface area (Å²) in [6.45, 7) is 6.33. The summed E-state index contributed by atoms with van der Waals surface area (Å²) in [5.74, 6) is 6.46. The van der Waals surface area contributed by atoms with Crippen LogP contribution >= 0.6 is 0 Å². The molecule has 4 N–H and O–H groups in total. The van der Waals surface area contributed by atoms with Gasteiger partial charge in [-0.1, -0.05) is 13.8 Å². The molecule has 0 unspecified atom stereocenters. The molecule has 0 saturated carbocycles. The zero-order valence-corrected chi connectivity index (χ0v) is 11.8. The molecule has 2 heterocycles. The van der Waals surface area contributed by atoms with Gasteiger partial charge in [0.1, 0.15) is 12.7 Å². The molecule has 0 radical (unpaired) electrons. The highest BCUT2D eigenvalue weighted by molar-refractivity contribution is 5.38. The van der Waals surface area contributed by atoms with Crippen molar-refractivity contribution in [2.75, 3.05) is 10.7 Å². The Labute approximate surface area is 117 Å². The summed E-state index contributed by atoms with van der Waals surface area (Å²) in [6, 6.07) is 0. The van der Waals surface area contributed by atoms with Crippen molar-refractivity contribution in [3.8, 4) is 5.95 Å². The van der Waals surface area contributed by atoms with Crippen molar-refractivity contribution in [1.29, 1.82) is 0 Å². The first-order valence-electron chi connectivity index (χ1n) is 6.46. The third-order valence-electron chi connectivity index (χ3n) is 3.35. The van der Waals surface area contributed by atoms with Crippen LogP contribution in [0.2, 0.25) is 0 Å². The maximum atomic E-state index is 5.39. The lowest BCUT2D eigenvalue weighted by Crippen LogP contribution is -2.34.